The lowest BCUT2D eigenvalue weighted by Gasteiger charge is -2.26. The lowest BCUT2D eigenvalue weighted by Crippen LogP contribution is -2.27. The van der Waals surface area contributed by atoms with Gasteiger partial charge in [0.05, 0.1) is 13.2 Å². The van der Waals surface area contributed by atoms with Gasteiger partial charge >= 0.3 is 0 Å². The van der Waals surface area contributed by atoms with Crippen molar-refractivity contribution in [1.29, 1.82) is 0 Å². The Kier molecular flexibility index (Phi) is 5.23. The SMILES string of the molecule is CCNC(C)c1ccc(C)cc1OC1CCOCC1. The van der Waals surface area contributed by atoms with Gasteiger partial charge in [0, 0.05) is 24.4 Å². The average Bonchev–Trinajstić information content (AvgIpc) is 2.40. The molecule has 3 nitrogen and oxygen atoms in total. The smallest absolute Gasteiger partial charge is 0.124 e. The minimum atomic E-state index is 0.295. The summed E-state index contributed by atoms with van der Waals surface area (Å²) in [7, 11) is 0. The molecule has 1 aromatic rings. The molecule has 2 rings (SSSR count). The molecule has 19 heavy (non-hydrogen) atoms. The number of benzene rings is 1. The second-order valence-corrected chi connectivity index (χ2v) is 5.25. The summed E-state index contributed by atoms with van der Waals surface area (Å²) < 4.78 is 11.6. The van der Waals surface area contributed by atoms with Crippen LogP contribution in [0, 0.1) is 6.92 Å². The van der Waals surface area contributed by atoms with Crippen molar-refractivity contribution in [2.24, 2.45) is 0 Å². The highest BCUT2D eigenvalue weighted by atomic mass is 16.5. The third kappa shape index (κ3) is 3.95. The first-order valence-electron chi connectivity index (χ1n) is 7.29. The molecule has 106 valence electrons. The van der Waals surface area contributed by atoms with Crippen molar-refractivity contribution >= 4 is 0 Å². The van der Waals surface area contributed by atoms with Crippen LogP contribution in [0.3, 0.4) is 0 Å². The van der Waals surface area contributed by atoms with Crippen LogP contribution >= 0.6 is 0 Å². The minimum absolute atomic E-state index is 0.295. The van der Waals surface area contributed by atoms with Crippen molar-refractivity contribution < 1.29 is 9.47 Å². The van der Waals surface area contributed by atoms with Crippen LogP contribution in [0.1, 0.15) is 43.9 Å². The van der Waals surface area contributed by atoms with Gasteiger partial charge in [-0.2, -0.15) is 0 Å². The van der Waals surface area contributed by atoms with Gasteiger partial charge in [0.25, 0.3) is 0 Å². The molecule has 1 heterocycles. The average molecular weight is 263 g/mol. The van der Waals surface area contributed by atoms with Gasteiger partial charge in [0.1, 0.15) is 11.9 Å². The van der Waals surface area contributed by atoms with Crippen molar-refractivity contribution in [2.45, 2.75) is 45.8 Å². The summed E-state index contributed by atoms with van der Waals surface area (Å²) in [4.78, 5) is 0. The lowest BCUT2D eigenvalue weighted by atomic mass is 10.0. The highest BCUT2D eigenvalue weighted by molar-refractivity contribution is 5.39. The van der Waals surface area contributed by atoms with Gasteiger partial charge in [0.2, 0.25) is 0 Å². The van der Waals surface area contributed by atoms with Gasteiger partial charge in [-0.1, -0.05) is 19.1 Å². The Bertz CT molecular complexity index is 400. The first kappa shape index (κ1) is 14.4. The van der Waals surface area contributed by atoms with Crippen LogP contribution in [-0.2, 0) is 4.74 Å². The molecule has 3 heteroatoms. The summed E-state index contributed by atoms with van der Waals surface area (Å²) in [6, 6.07) is 6.80. The van der Waals surface area contributed by atoms with Gasteiger partial charge in [-0.05, 0) is 32.0 Å². The van der Waals surface area contributed by atoms with Gasteiger partial charge < -0.3 is 14.8 Å². The zero-order chi connectivity index (χ0) is 13.7. The normalized spacial score (nSPS) is 18.3. The summed E-state index contributed by atoms with van der Waals surface area (Å²) in [6.07, 6.45) is 2.27. The molecule has 0 aromatic heterocycles. The van der Waals surface area contributed by atoms with E-state index >= 15 is 0 Å². The molecule has 0 saturated carbocycles. The van der Waals surface area contributed by atoms with Crippen LogP contribution in [0.15, 0.2) is 18.2 Å². The third-order valence-electron chi connectivity index (χ3n) is 3.61. The van der Waals surface area contributed by atoms with Crippen molar-refractivity contribution in [1.82, 2.24) is 5.32 Å². The van der Waals surface area contributed by atoms with Crippen LogP contribution in [0.25, 0.3) is 0 Å². The Morgan fingerprint density at radius 1 is 1.37 bits per heavy atom. The lowest BCUT2D eigenvalue weighted by molar-refractivity contribution is 0.0250. The van der Waals surface area contributed by atoms with Crippen LogP contribution in [0.4, 0.5) is 0 Å². The monoisotopic (exact) mass is 263 g/mol. The highest BCUT2D eigenvalue weighted by Crippen LogP contribution is 2.28. The van der Waals surface area contributed by atoms with E-state index in [1.807, 2.05) is 0 Å². The Morgan fingerprint density at radius 2 is 2.11 bits per heavy atom. The molecule has 1 atom stereocenters. The molecule has 1 fully saturated rings. The molecular weight excluding hydrogens is 238 g/mol. The van der Waals surface area contributed by atoms with Gasteiger partial charge in [0.15, 0.2) is 0 Å². The first-order chi connectivity index (χ1) is 9.20. The molecule has 1 unspecified atom stereocenters. The molecule has 0 bridgehead atoms. The van der Waals surface area contributed by atoms with Crippen LogP contribution in [-0.4, -0.2) is 25.9 Å². The predicted octanol–water partition coefficient (Wildman–Crippen LogP) is 3.22. The topological polar surface area (TPSA) is 30.5 Å². The zero-order valence-electron chi connectivity index (χ0n) is 12.2. The Labute approximate surface area is 116 Å². The van der Waals surface area contributed by atoms with E-state index < -0.39 is 0 Å². The molecule has 0 radical (unpaired) electrons. The molecule has 1 aromatic carbocycles. The first-order valence-corrected chi connectivity index (χ1v) is 7.29. The Balaban J connectivity index is 2.14. The molecule has 1 aliphatic rings. The van der Waals surface area contributed by atoms with E-state index in [2.05, 4.69) is 44.3 Å². The maximum atomic E-state index is 6.21. The number of rotatable bonds is 5. The van der Waals surface area contributed by atoms with E-state index in [4.69, 9.17) is 9.47 Å². The van der Waals surface area contributed by atoms with E-state index in [1.165, 1.54) is 11.1 Å². The summed E-state index contributed by atoms with van der Waals surface area (Å²) in [5.74, 6) is 1.03. The van der Waals surface area contributed by atoms with E-state index in [9.17, 15) is 0 Å². The molecule has 0 aliphatic carbocycles. The number of ether oxygens (including phenoxy) is 2. The zero-order valence-corrected chi connectivity index (χ0v) is 12.2. The van der Waals surface area contributed by atoms with Gasteiger partial charge in [-0.25, -0.2) is 0 Å². The van der Waals surface area contributed by atoms with Crippen LogP contribution < -0.4 is 10.1 Å². The van der Waals surface area contributed by atoms with E-state index in [0.717, 1.165) is 38.3 Å². The summed E-state index contributed by atoms with van der Waals surface area (Å²) in [6.45, 7) is 9.02. The quantitative estimate of drug-likeness (QED) is 0.884. The van der Waals surface area contributed by atoms with Crippen LogP contribution in [0.5, 0.6) is 5.75 Å². The van der Waals surface area contributed by atoms with E-state index in [0.29, 0.717) is 12.1 Å². The van der Waals surface area contributed by atoms with Crippen LogP contribution in [0.2, 0.25) is 0 Å². The Hall–Kier alpha value is -1.06. The second-order valence-electron chi connectivity index (χ2n) is 5.25. The van der Waals surface area contributed by atoms with E-state index in [1.54, 1.807) is 0 Å². The van der Waals surface area contributed by atoms with Gasteiger partial charge in [-0.3, -0.25) is 0 Å². The van der Waals surface area contributed by atoms with Crippen molar-refractivity contribution in [3.63, 3.8) is 0 Å². The van der Waals surface area contributed by atoms with E-state index in [-0.39, 0.29) is 0 Å². The maximum absolute atomic E-state index is 6.21. The fourth-order valence-corrected chi connectivity index (χ4v) is 2.49. The molecule has 1 aliphatic heterocycles. The number of hydrogen-bond acceptors (Lipinski definition) is 3. The maximum Gasteiger partial charge on any atom is 0.124 e. The summed E-state index contributed by atoms with van der Waals surface area (Å²) >= 11 is 0. The summed E-state index contributed by atoms with van der Waals surface area (Å²) in [5, 5.41) is 3.45. The van der Waals surface area contributed by atoms with Gasteiger partial charge in [-0.15, -0.1) is 0 Å². The molecule has 1 N–H and O–H groups in total. The largest absolute Gasteiger partial charge is 0.490 e. The number of hydrogen-bond donors (Lipinski definition) is 1. The molecular formula is C16H25NO2. The van der Waals surface area contributed by atoms with Crippen molar-refractivity contribution in [3.8, 4) is 5.75 Å². The van der Waals surface area contributed by atoms with Crippen molar-refractivity contribution in [2.75, 3.05) is 19.8 Å². The number of aryl methyl sites for hydroxylation is 1. The minimum Gasteiger partial charge on any atom is -0.490 e. The van der Waals surface area contributed by atoms with Crippen molar-refractivity contribution in [3.05, 3.63) is 29.3 Å². The molecule has 0 amide bonds. The fraction of sp³-hybridized carbons (Fsp3) is 0.625. The number of nitrogens with one attached hydrogen (secondary N) is 1. The molecule has 0 spiro atoms. The highest BCUT2D eigenvalue weighted by Gasteiger charge is 2.18. The molecule has 1 saturated heterocycles. The predicted molar refractivity (Wildman–Crippen MR) is 77.7 cm³/mol. The third-order valence-corrected chi connectivity index (χ3v) is 3.61. The fourth-order valence-electron chi connectivity index (χ4n) is 2.49. The standard InChI is InChI=1S/C16H25NO2/c1-4-17-13(3)15-6-5-12(2)11-16(15)19-14-7-9-18-10-8-14/h5-6,11,13-14,17H,4,7-10H2,1-3H3. The Morgan fingerprint density at radius 3 is 2.79 bits per heavy atom. The summed E-state index contributed by atoms with van der Waals surface area (Å²) in [5.41, 5.74) is 2.49. The second kappa shape index (κ2) is 6.92.